The van der Waals surface area contributed by atoms with E-state index in [9.17, 15) is 9.90 Å². The number of ether oxygens (including phenoxy) is 2. The van der Waals surface area contributed by atoms with E-state index < -0.39 is 6.29 Å². The predicted molar refractivity (Wildman–Crippen MR) is 118 cm³/mol. The van der Waals surface area contributed by atoms with Crippen LogP contribution in [0.3, 0.4) is 0 Å². The Labute approximate surface area is 182 Å². The van der Waals surface area contributed by atoms with Gasteiger partial charge in [0.2, 0.25) is 6.29 Å². The quantitative estimate of drug-likeness (QED) is 0.650. The smallest absolute Gasteiger partial charge is 0.288 e. The maximum Gasteiger partial charge on any atom is 0.288 e. The van der Waals surface area contributed by atoms with Gasteiger partial charge in [-0.15, -0.1) is 0 Å². The normalized spacial score (nSPS) is 29.0. The Balaban J connectivity index is 1.65. The molecule has 1 amide bonds. The van der Waals surface area contributed by atoms with Crippen molar-refractivity contribution in [1.82, 2.24) is 9.80 Å². The molecule has 2 fully saturated rings. The molecule has 3 atom stereocenters. The van der Waals surface area contributed by atoms with E-state index >= 15 is 0 Å². The van der Waals surface area contributed by atoms with E-state index in [1.54, 1.807) is 0 Å². The summed E-state index contributed by atoms with van der Waals surface area (Å²) < 4.78 is 12.0. The first-order valence-electron chi connectivity index (χ1n) is 12.2. The number of allylic oxidation sites excluding steroid dienone is 1. The summed E-state index contributed by atoms with van der Waals surface area (Å²) in [6.07, 6.45) is 9.29. The van der Waals surface area contributed by atoms with Gasteiger partial charge in [0.25, 0.3) is 5.91 Å². The van der Waals surface area contributed by atoms with Crippen LogP contribution in [-0.4, -0.2) is 72.5 Å². The molecule has 6 heteroatoms. The van der Waals surface area contributed by atoms with Gasteiger partial charge in [-0.25, -0.2) is 0 Å². The molecule has 0 aromatic rings. The van der Waals surface area contributed by atoms with Crippen LogP contribution in [0.1, 0.15) is 65.7 Å². The van der Waals surface area contributed by atoms with Crippen LogP contribution < -0.4 is 0 Å². The minimum Gasteiger partial charge on any atom is -0.459 e. The first kappa shape index (κ1) is 23.6. The monoisotopic (exact) mass is 422 g/mol. The molecule has 1 N–H and O–H groups in total. The second-order valence-electron chi connectivity index (χ2n) is 9.44. The van der Waals surface area contributed by atoms with Crippen molar-refractivity contribution in [3.8, 4) is 0 Å². The van der Waals surface area contributed by atoms with Gasteiger partial charge in [-0.05, 0) is 76.5 Å². The average Bonchev–Trinajstić information content (AvgIpc) is 2.78. The molecule has 2 saturated heterocycles. The molecular formula is C24H42N2O4. The highest BCUT2D eigenvalue weighted by molar-refractivity contribution is 5.91. The topological polar surface area (TPSA) is 62.2 Å². The highest BCUT2D eigenvalue weighted by Crippen LogP contribution is 2.37. The largest absolute Gasteiger partial charge is 0.459 e. The third-order valence-corrected chi connectivity index (χ3v) is 7.10. The Morgan fingerprint density at radius 2 is 1.90 bits per heavy atom. The lowest BCUT2D eigenvalue weighted by atomic mass is 9.78. The van der Waals surface area contributed by atoms with Gasteiger partial charge in [0.1, 0.15) is 0 Å². The van der Waals surface area contributed by atoms with Crippen molar-refractivity contribution in [3.05, 3.63) is 11.8 Å². The summed E-state index contributed by atoms with van der Waals surface area (Å²) in [7, 11) is 0. The Morgan fingerprint density at radius 1 is 1.20 bits per heavy atom. The number of amides is 1. The van der Waals surface area contributed by atoms with Crippen molar-refractivity contribution in [3.63, 3.8) is 0 Å². The van der Waals surface area contributed by atoms with Crippen LogP contribution in [0.2, 0.25) is 0 Å². The zero-order chi connectivity index (χ0) is 21.5. The number of rotatable bonds is 8. The molecule has 0 aliphatic carbocycles. The van der Waals surface area contributed by atoms with Crippen molar-refractivity contribution in [1.29, 1.82) is 0 Å². The van der Waals surface area contributed by atoms with Crippen molar-refractivity contribution >= 4 is 5.91 Å². The first-order chi connectivity index (χ1) is 14.5. The van der Waals surface area contributed by atoms with Gasteiger partial charge >= 0.3 is 0 Å². The second kappa shape index (κ2) is 11.5. The summed E-state index contributed by atoms with van der Waals surface area (Å²) in [5, 5.41) is 9.30. The number of nitrogens with zero attached hydrogens (tertiary/aromatic N) is 2. The summed E-state index contributed by atoms with van der Waals surface area (Å²) in [6, 6.07) is 0.623. The number of likely N-dealkylation sites (tertiary alicyclic amines) is 2. The number of carbonyl (C=O) groups is 1. The van der Waals surface area contributed by atoms with Crippen LogP contribution in [0.15, 0.2) is 11.8 Å². The molecule has 0 radical (unpaired) electrons. The van der Waals surface area contributed by atoms with E-state index in [4.69, 9.17) is 9.47 Å². The summed E-state index contributed by atoms with van der Waals surface area (Å²) >= 11 is 0. The summed E-state index contributed by atoms with van der Waals surface area (Å²) in [6.45, 7) is 11.1. The van der Waals surface area contributed by atoms with Crippen molar-refractivity contribution in [2.24, 2.45) is 17.8 Å². The van der Waals surface area contributed by atoms with Crippen LogP contribution in [0, 0.1) is 17.8 Å². The summed E-state index contributed by atoms with van der Waals surface area (Å²) in [5.74, 6) is 1.24. The molecule has 3 aliphatic rings. The summed E-state index contributed by atoms with van der Waals surface area (Å²) in [5.41, 5.74) is 0. The predicted octanol–water partition coefficient (Wildman–Crippen LogP) is 3.40. The third kappa shape index (κ3) is 5.77. The standard InChI is InChI=1S/C24H42N2O4/c1-4-29-24-20(9-8-16-27)21(18(2)3)17-22(30-24)23(28)26-14-10-19(11-15-26)25-12-6-5-7-13-25/h17-21,24,27H,4-16H2,1-3H3/t20-,21-,24-/m1/s1. The van der Waals surface area contributed by atoms with Crippen LogP contribution in [0.25, 0.3) is 0 Å². The number of carbonyl (C=O) groups excluding carboxylic acids is 1. The number of aliphatic hydroxyl groups is 1. The van der Waals surface area contributed by atoms with Crippen molar-refractivity contribution in [2.75, 3.05) is 39.4 Å². The lowest BCUT2D eigenvalue weighted by Crippen LogP contribution is -2.49. The fourth-order valence-corrected chi connectivity index (χ4v) is 5.39. The first-order valence-corrected chi connectivity index (χ1v) is 12.2. The zero-order valence-corrected chi connectivity index (χ0v) is 19.2. The fourth-order valence-electron chi connectivity index (χ4n) is 5.39. The van der Waals surface area contributed by atoms with Crippen LogP contribution >= 0.6 is 0 Å². The SMILES string of the molecule is CCO[C@@H]1OC(C(=O)N2CCC(N3CCCCC3)CC2)=C[C@H](C(C)C)[C@H]1CCCO. The second-order valence-corrected chi connectivity index (χ2v) is 9.44. The Bertz CT molecular complexity index is 566. The Hall–Kier alpha value is -1.11. The Morgan fingerprint density at radius 3 is 2.50 bits per heavy atom. The number of aliphatic hydroxyl groups excluding tert-OH is 1. The van der Waals surface area contributed by atoms with Crippen LogP contribution in [-0.2, 0) is 14.3 Å². The summed E-state index contributed by atoms with van der Waals surface area (Å²) in [4.78, 5) is 17.9. The van der Waals surface area contributed by atoms with E-state index in [1.165, 1.54) is 32.4 Å². The molecule has 172 valence electrons. The maximum atomic E-state index is 13.3. The number of piperidine rings is 2. The highest BCUT2D eigenvalue weighted by Gasteiger charge is 2.39. The molecule has 0 aromatic carbocycles. The van der Waals surface area contributed by atoms with Gasteiger partial charge in [0, 0.05) is 38.3 Å². The zero-order valence-electron chi connectivity index (χ0n) is 19.2. The minimum atomic E-state index is -0.413. The van der Waals surface area contributed by atoms with Gasteiger partial charge in [-0.3, -0.25) is 4.79 Å². The molecule has 0 aromatic heterocycles. The van der Waals surface area contributed by atoms with Gasteiger partial charge in [-0.2, -0.15) is 0 Å². The van der Waals surface area contributed by atoms with Gasteiger partial charge in [0.05, 0.1) is 0 Å². The molecule has 0 unspecified atom stereocenters. The molecule has 0 saturated carbocycles. The van der Waals surface area contributed by atoms with Gasteiger partial charge < -0.3 is 24.4 Å². The van der Waals surface area contributed by atoms with Gasteiger partial charge in [0.15, 0.2) is 5.76 Å². The lowest BCUT2D eigenvalue weighted by Gasteiger charge is -2.42. The van der Waals surface area contributed by atoms with Crippen LogP contribution in [0.4, 0.5) is 0 Å². The van der Waals surface area contributed by atoms with E-state index in [-0.39, 0.29) is 24.3 Å². The molecule has 30 heavy (non-hydrogen) atoms. The third-order valence-electron chi connectivity index (χ3n) is 7.10. The van der Waals surface area contributed by atoms with Gasteiger partial charge in [-0.1, -0.05) is 20.3 Å². The lowest BCUT2D eigenvalue weighted by molar-refractivity contribution is -0.178. The van der Waals surface area contributed by atoms with E-state index in [2.05, 4.69) is 18.7 Å². The van der Waals surface area contributed by atoms with Crippen LogP contribution in [0.5, 0.6) is 0 Å². The number of hydrogen-bond acceptors (Lipinski definition) is 5. The number of hydrogen-bond donors (Lipinski definition) is 1. The highest BCUT2D eigenvalue weighted by atomic mass is 16.7. The van der Waals surface area contributed by atoms with E-state index in [1.807, 2.05) is 17.9 Å². The van der Waals surface area contributed by atoms with E-state index in [0.29, 0.717) is 24.3 Å². The molecule has 0 spiro atoms. The molecular weight excluding hydrogens is 380 g/mol. The van der Waals surface area contributed by atoms with Crippen molar-refractivity contribution < 1.29 is 19.4 Å². The molecule has 3 rings (SSSR count). The fraction of sp³-hybridized carbons (Fsp3) is 0.875. The molecule has 3 heterocycles. The maximum absolute atomic E-state index is 13.3. The van der Waals surface area contributed by atoms with E-state index in [0.717, 1.165) is 38.8 Å². The Kier molecular flexibility index (Phi) is 9.02. The average molecular weight is 423 g/mol. The minimum absolute atomic E-state index is 0.0167. The molecule has 0 bridgehead atoms. The molecule has 3 aliphatic heterocycles. The molecule has 6 nitrogen and oxygen atoms in total. The van der Waals surface area contributed by atoms with Crippen molar-refractivity contribution in [2.45, 2.75) is 78.0 Å².